The lowest BCUT2D eigenvalue weighted by atomic mass is 9.87. The molecule has 1 fully saturated rings. The molecule has 10 N–H and O–H groups in total. The van der Waals surface area contributed by atoms with Crippen molar-refractivity contribution < 1.29 is 80.5 Å². The number of carbonyl (C=O) groups is 3. The Morgan fingerprint density at radius 2 is 1.63 bits per heavy atom. The van der Waals surface area contributed by atoms with Gasteiger partial charge in [0, 0.05) is 37.1 Å². The molecule has 342 valence electrons. The van der Waals surface area contributed by atoms with Crippen LogP contribution in [-0.2, 0) is 50.7 Å². The van der Waals surface area contributed by atoms with E-state index in [4.69, 9.17) is 19.5 Å². The maximum atomic E-state index is 12.7. The molecule has 0 saturated carbocycles. The molecular formula is C32H56N7O17P3S. The maximum Gasteiger partial charge on any atom is 0.481 e. The summed E-state index contributed by atoms with van der Waals surface area (Å²) in [7, 11) is -16.4. The minimum atomic E-state index is -5.57. The number of thioether (sulfide) groups is 1. The number of nitrogens with two attached hydrogens (primary N) is 1. The van der Waals surface area contributed by atoms with Crippen molar-refractivity contribution in [3.05, 3.63) is 12.7 Å². The minimum Gasteiger partial charge on any atom is -0.386 e. The third-order valence-corrected chi connectivity index (χ3v) is 13.0. The average molecular weight is 936 g/mol. The smallest absolute Gasteiger partial charge is 0.386 e. The first-order valence-electron chi connectivity index (χ1n) is 19.0. The lowest BCUT2D eigenvalue weighted by Crippen LogP contribution is -2.46. The molecule has 0 bridgehead atoms. The predicted molar refractivity (Wildman–Crippen MR) is 214 cm³/mol. The van der Waals surface area contributed by atoms with Crippen LogP contribution in [0.25, 0.3) is 11.2 Å². The zero-order chi connectivity index (χ0) is 44.9. The highest BCUT2D eigenvalue weighted by Crippen LogP contribution is 2.61. The first-order valence-corrected chi connectivity index (χ1v) is 24.5. The van der Waals surface area contributed by atoms with E-state index in [9.17, 15) is 57.9 Å². The van der Waals surface area contributed by atoms with Crippen LogP contribution in [0.3, 0.4) is 0 Å². The molecule has 60 heavy (non-hydrogen) atoms. The summed E-state index contributed by atoms with van der Waals surface area (Å²) in [5.41, 5.74) is 4.28. The number of amides is 2. The molecule has 2 unspecified atom stereocenters. The van der Waals surface area contributed by atoms with Gasteiger partial charge >= 0.3 is 23.5 Å². The number of nitrogen functional groups attached to an aromatic ring is 1. The Labute approximate surface area is 350 Å². The number of aliphatic hydroxyl groups excluding tert-OH is 2. The van der Waals surface area contributed by atoms with Gasteiger partial charge in [-0.25, -0.2) is 28.6 Å². The number of ether oxygens (including phenoxy) is 1. The van der Waals surface area contributed by atoms with Crippen LogP contribution in [0.4, 0.5) is 5.82 Å². The molecule has 0 aliphatic carbocycles. The number of aromatic nitrogens is 4. The van der Waals surface area contributed by atoms with E-state index in [0.29, 0.717) is 18.1 Å². The second-order valence-electron chi connectivity index (χ2n) is 15.0. The van der Waals surface area contributed by atoms with Crippen molar-refractivity contribution in [3.8, 4) is 0 Å². The summed E-state index contributed by atoms with van der Waals surface area (Å²) in [6.07, 6.45) is 0.109. The second-order valence-corrected chi connectivity index (χ2v) is 20.4. The first-order chi connectivity index (χ1) is 27.9. The molecule has 24 nitrogen and oxygen atoms in total. The summed E-state index contributed by atoms with van der Waals surface area (Å²) in [5.74, 6) is -0.334. The average Bonchev–Trinajstić information content (AvgIpc) is 3.70. The van der Waals surface area contributed by atoms with Crippen LogP contribution < -0.4 is 16.4 Å². The monoisotopic (exact) mass is 935 g/mol. The summed E-state index contributed by atoms with van der Waals surface area (Å²) < 4.78 is 62.2. The fraction of sp³-hybridized carbons (Fsp3) is 0.750. The van der Waals surface area contributed by atoms with Crippen LogP contribution in [-0.4, -0.2) is 123 Å². The van der Waals surface area contributed by atoms with Gasteiger partial charge in [-0.2, -0.15) is 4.31 Å². The van der Waals surface area contributed by atoms with E-state index in [-0.39, 0.29) is 41.6 Å². The van der Waals surface area contributed by atoms with E-state index in [1.54, 1.807) is 0 Å². The molecule has 2 amide bonds. The fourth-order valence-electron chi connectivity index (χ4n) is 5.72. The quantitative estimate of drug-likeness (QED) is 0.0457. The summed E-state index contributed by atoms with van der Waals surface area (Å²) in [4.78, 5) is 87.9. The van der Waals surface area contributed by atoms with Gasteiger partial charge in [0.05, 0.1) is 19.5 Å². The highest BCUT2D eigenvalue weighted by Gasteiger charge is 2.50. The molecule has 1 aliphatic heterocycles. The number of hydrogen-bond acceptors (Lipinski definition) is 18. The van der Waals surface area contributed by atoms with Gasteiger partial charge in [-0.05, 0) is 12.3 Å². The van der Waals surface area contributed by atoms with Gasteiger partial charge in [0.2, 0.25) is 11.8 Å². The SMILES string of the molecule is CC(C)CCCCCCCC(=O)SCCNC(=O)CCNC(=O)[C@H](O)C(C)(C)COP(=O)(O)OP(=O)(O)OC[C@H]1O[C@@H](n2cnc3c(N)ncnc32)[C@H](O)[C@@H]1OP(=O)(O)O. The van der Waals surface area contributed by atoms with Crippen LogP contribution >= 0.6 is 35.2 Å². The highest BCUT2D eigenvalue weighted by atomic mass is 32.2. The molecule has 0 aromatic carbocycles. The molecule has 7 atom stereocenters. The van der Waals surface area contributed by atoms with Gasteiger partial charge < -0.3 is 50.9 Å². The second kappa shape index (κ2) is 23.3. The number of nitrogens with one attached hydrogen (secondary N) is 2. The highest BCUT2D eigenvalue weighted by molar-refractivity contribution is 8.13. The summed E-state index contributed by atoms with van der Waals surface area (Å²) >= 11 is 1.14. The Balaban J connectivity index is 1.40. The Morgan fingerprint density at radius 3 is 2.32 bits per heavy atom. The van der Waals surface area contributed by atoms with Gasteiger partial charge in [0.15, 0.2) is 22.8 Å². The van der Waals surface area contributed by atoms with Gasteiger partial charge in [-0.1, -0.05) is 71.6 Å². The Kier molecular flexibility index (Phi) is 20.2. The number of rotatable bonds is 27. The minimum absolute atomic E-state index is 0.0327. The van der Waals surface area contributed by atoms with Crippen LogP contribution in [0.2, 0.25) is 0 Å². The number of hydrogen-bond donors (Lipinski definition) is 9. The number of aliphatic hydroxyl groups is 2. The van der Waals surface area contributed by atoms with Crippen molar-refractivity contribution in [1.29, 1.82) is 0 Å². The molecule has 2 aromatic rings. The number of anilines is 1. The fourth-order valence-corrected chi connectivity index (χ4v) is 9.27. The molecule has 0 radical (unpaired) electrons. The molecule has 1 saturated heterocycles. The van der Waals surface area contributed by atoms with E-state index in [2.05, 4.69) is 48.3 Å². The van der Waals surface area contributed by atoms with Gasteiger partial charge in [0.1, 0.15) is 36.3 Å². The van der Waals surface area contributed by atoms with Crippen LogP contribution in [0.5, 0.6) is 0 Å². The normalized spacial score (nSPS) is 21.1. The molecule has 3 rings (SSSR count). The van der Waals surface area contributed by atoms with E-state index in [1.807, 2.05) is 0 Å². The molecular weight excluding hydrogens is 879 g/mol. The number of carbonyl (C=O) groups excluding carboxylic acids is 3. The molecule has 2 aromatic heterocycles. The zero-order valence-corrected chi connectivity index (χ0v) is 37.1. The van der Waals surface area contributed by atoms with Gasteiger partial charge in [-0.15, -0.1) is 0 Å². The Bertz CT molecular complexity index is 1890. The standard InChI is InChI=1S/C32H56N7O17P3S/c1-20(2)10-8-6-5-7-9-11-23(41)60-15-14-34-22(40)12-13-35-30(44)27(43)32(3,4)17-53-59(50,51)56-58(48,49)52-16-21-26(55-57(45,46)47)25(42)31(54-21)39-19-38-24-28(33)36-18-37-29(24)39/h18-21,25-27,31,42-43H,5-17H2,1-4H3,(H,34,40)(H,35,44)(H,48,49)(H,50,51)(H2,33,36,37)(H2,45,46,47)/t21-,25-,26-,27+,31-/m1/s1. The van der Waals surface area contributed by atoms with Crippen molar-refractivity contribution in [1.82, 2.24) is 30.2 Å². The van der Waals surface area contributed by atoms with Gasteiger partial charge in [-0.3, -0.25) is 32.5 Å². The number of nitrogens with zero attached hydrogens (tertiary/aromatic N) is 4. The number of phosphoric ester groups is 3. The lowest BCUT2D eigenvalue weighted by molar-refractivity contribution is -0.137. The molecule has 1 aliphatic rings. The Morgan fingerprint density at radius 1 is 0.967 bits per heavy atom. The lowest BCUT2D eigenvalue weighted by Gasteiger charge is -2.30. The molecule has 3 heterocycles. The molecule has 0 spiro atoms. The van der Waals surface area contributed by atoms with E-state index in [0.717, 1.165) is 54.7 Å². The van der Waals surface area contributed by atoms with Crippen LogP contribution in [0.1, 0.15) is 85.3 Å². The van der Waals surface area contributed by atoms with Crippen molar-refractivity contribution in [3.63, 3.8) is 0 Å². The van der Waals surface area contributed by atoms with Crippen molar-refractivity contribution >= 4 is 69.1 Å². The van der Waals surface area contributed by atoms with Crippen LogP contribution in [0.15, 0.2) is 12.7 Å². The Hall–Kier alpha value is -2.44. The zero-order valence-electron chi connectivity index (χ0n) is 33.6. The molecule has 28 heteroatoms. The summed E-state index contributed by atoms with van der Waals surface area (Å²) in [5, 5.41) is 26.6. The first kappa shape index (κ1) is 51.9. The number of fused-ring (bicyclic) bond motifs is 1. The topological polar surface area (TPSA) is 364 Å². The van der Waals surface area contributed by atoms with E-state index in [1.165, 1.54) is 26.7 Å². The number of phosphoric acid groups is 3. The van der Waals surface area contributed by atoms with Crippen molar-refractivity contribution in [2.24, 2.45) is 11.3 Å². The van der Waals surface area contributed by atoms with Crippen molar-refractivity contribution in [2.75, 3.05) is 37.8 Å². The van der Waals surface area contributed by atoms with Gasteiger partial charge in [0.25, 0.3) is 0 Å². The maximum absolute atomic E-state index is 12.7. The third kappa shape index (κ3) is 17.4. The van der Waals surface area contributed by atoms with Crippen LogP contribution in [0, 0.1) is 11.3 Å². The third-order valence-electron chi connectivity index (χ3n) is 8.93. The number of imidazole rings is 1. The predicted octanol–water partition coefficient (Wildman–Crippen LogP) is 2.05. The summed E-state index contributed by atoms with van der Waals surface area (Å²) in [6.45, 7) is 4.96. The number of unbranched alkanes of at least 4 members (excludes halogenated alkanes) is 4. The summed E-state index contributed by atoms with van der Waals surface area (Å²) in [6, 6.07) is 0. The largest absolute Gasteiger partial charge is 0.481 e. The van der Waals surface area contributed by atoms with E-state index < -0.39 is 84.6 Å². The van der Waals surface area contributed by atoms with Crippen molar-refractivity contribution in [2.45, 2.75) is 110 Å². The van der Waals surface area contributed by atoms with E-state index >= 15 is 0 Å².